The van der Waals surface area contributed by atoms with Crippen molar-refractivity contribution in [1.82, 2.24) is 20.0 Å². The van der Waals surface area contributed by atoms with Gasteiger partial charge in [0.25, 0.3) is 5.91 Å². The van der Waals surface area contributed by atoms with Crippen LogP contribution in [0, 0.1) is 0 Å². The van der Waals surface area contributed by atoms with Gasteiger partial charge in [-0.05, 0) is 36.6 Å². The molecular weight excluding hydrogens is 484 g/mol. The molecule has 1 amide bonds. The smallest absolute Gasteiger partial charge is 0.277 e. The van der Waals surface area contributed by atoms with Crippen molar-refractivity contribution >= 4 is 50.4 Å². The summed E-state index contributed by atoms with van der Waals surface area (Å²) in [7, 11) is 0. The molecule has 3 heterocycles. The zero-order valence-electron chi connectivity index (χ0n) is 20.9. The largest absolute Gasteiger partial charge is 0.358 e. The first-order valence-corrected chi connectivity index (χ1v) is 13.0. The molecule has 8 nitrogen and oxygen atoms in total. The average Bonchev–Trinajstić information content (AvgIpc) is 3.50. The highest BCUT2D eigenvalue weighted by atomic mass is 32.1. The van der Waals surface area contributed by atoms with E-state index in [4.69, 9.17) is 0 Å². The number of benzene rings is 2. The Balaban J connectivity index is 1.42. The van der Waals surface area contributed by atoms with Crippen LogP contribution in [0.5, 0.6) is 0 Å². The summed E-state index contributed by atoms with van der Waals surface area (Å²) in [6.45, 7) is 6.26. The van der Waals surface area contributed by atoms with Crippen LogP contribution in [0.1, 0.15) is 58.7 Å². The SMILES string of the molecule is CCN(O)C(=O)c1ccccc1Cc1cc2c(NN=Cc3c(C(C)C)[nH]c4ccccc34)ncnc2s1. The van der Waals surface area contributed by atoms with Crippen LogP contribution in [-0.2, 0) is 6.42 Å². The molecule has 0 fully saturated rings. The van der Waals surface area contributed by atoms with Crippen LogP contribution < -0.4 is 5.43 Å². The van der Waals surface area contributed by atoms with Gasteiger partial charge in [-0.25, -0.2) is 15.0 Å². The van der Waals surface area contributed by atoms with Crippen LogP contribution in [0.15, 0.2) is 66.0 Å². The minimum Gasteiger partial charge on any atom is -0.358 e. The first kappa shape index (κ1) is 24.6. The number of fused-ring (bicyclic) bond motifs is 2. The summed E-state index contributed by atoms with van der Waals surface area (Å²) < 4.78 is 0. The van der Waals surface area contributed by atoms with Crippen LogP contribution in [0.3, 0.4) is 0 Å². The standard InChI is InChI=1S/C28H28N6O2S/c1-4-34(36)28(35)20-10-6-5-9-18(20)13-19-14-22-26(29-16-30-27(22)37-19)33-31-15-23-21-11-7-8-12-24(21)32-25(23)17(2)3/h5-12,14-17,32,36H,4,13H2,1-3H3,(H,29,30,33). The van der Waals surface area contributed by atoms with E-state index in [2.05, 4.69) is 51.5 Å². The quantitative estimate of drug-likeness (QED) is 0.131. The van der Waals surface area contributed by atoms with Crippen molar-refractivity contribution in [2.75, 3.05) is 12.0 Å². The molecule has 0 spiro atoms. The summed E-state index contributed by atoms with van der Waals surface area (Å²) in [6, 6.07) is 17.6. The first-order valence-electron chi connectivity index (χ1n) is 12.2. The van der Waals surface area contributed by atoms with Gasteiger partial charge in [0.1, 0.15) is 11.2 Å². The molecule has 5 rings (SSSR count). The van der Waals surface area contributed by atoms with Crippen molar-refractivity contribution in [3.05, 3.63) is 88.2 Å². The average molecular weight is 513 g/mol. The van der Waals surface area contributed by atoms with Gasteiger partial charge in [0.15, 0.2) is 5.82 Å². The number of thiophene rings is 1. The number of para-hydroxylation sites is 1. The molecule has 0 unspecified atom stereocenters. The number of amides is 1. The zero-order chi connectivity index (χ0) is 25.9. The number of carbonyl (C=O) groups is 1. The zero-order valence-corrected chi connectivity index (χ0v) is 21.7. The molecule has 2 aromatic carbocycles. The predicted molar refractivity (Wildman–Crippen MR) is 149 cm³/mol. The number of nitrogens with zero attached hydrogens (tertiary/aromatic N) is 4. The fourth-order valence-electron chi connectivity index (χ4n) is 4.37. The molecule has 3 aromatic heterocycles. The number of H-pyrrole nitrogens is 1. The van der Waals surface area contributed by atoms with Gasteiger partial charge in [0, 0.05) is 45.6 Å². The van der Waals surface area contributed by atoms with Gasteiger partial charge in [-0.3, -0.25) is 15.4 Å². The maximum atomic E-state index is 12.6. The van der Waals surface area contributed by atoms with E-state index in [9.17, 15) is 10.0 Å². The van der Waals surface area contributed by atoms with Crippen molar-refractivity contribution < 1.29 is 10.0 Å². The van der Waals surface area contributed by atoms with E-state index in [0.29, 0.717) is 23.7 Å². The molecule has 37 heavy (non-hydrogen) atoms. The summed E-state index contributed by atoms with van der Waals surface area (Å²) in [4.78, 5) is 26.8. The van der Waals surface area contributed by atoms with Gasteiger partial charge >= 0.3 is 0 Å². The first-order chi connectivity index (χ1) is 18.0. The lowest BCUT2D eigenvalue weighted by molar-refractivity contribution is -0.0542. The van der Waals surface area contributed by atoms with Crippen molar-refractivity contribution in [3.63, 3.8) is 0 Å². The second-order valence-corrected chi connectivity index (χ2v) is 10.1. The summed E-state index contributed by atoms with van der Waals surface area (Å²) in [5.41, 5.74) is 7.70. The van der Waals surface area contributed by atoms with Gasteiger partial charge in [-0.2, -0.15) is 5.10 Å². The van der Waals surface area contributed by atoms with Crippen LogP contribution >= 0.6 is 11.3 Å². The number of hydrogen-bond acceptors (Lipinski definition) is 7. The lowest BCUT2D eigenvalue weighted by Crippen LogP contribution is -2.27. The summed E-state index contributed by atoms with van der Waals surface area (Å²) >= 11 is 1.54. The molecule has 5 aromatic rings. The Morgan fingerprint density at radius 2 is 1.95 bits per heavy atom. The highest BCUT2D eigenvalue weighted by Crippen LogP contribution is 2.31. The third kappa shape index (κ3) is 4.96. The van der Waals surface area contributed by atoms with E-state index in [1.807, 2.05) is 36.5 Å². The third-order valence-corrected chi connectivity index (χ3v) is 7.29. The summed E-state index contributed by atoms with van der Waals surface area (Å²) in [6.07, 6.45) is 3.90. The van der Waals surface area contributed by atoms with Gasteiger partial charge in [-0.15, -0.1) is 11.3 Å². The minimum absolute atomic E-state index is 0.221. The molecule has 0 bridgehead atoms. The maximum Gasteiger partial charge on any atom is 0.277 e. The van der Waals surface area contributed by atoms with Crippen LogP contribution in [0.4, 0.5) is 5.82 Å². The van der Waals surface area contributed by atoms with E-state index in [0.717, 1.165) is 47.9 Å². The number of aromatic amines is 1. The highest BCUT2D eigenvalue weighted by molar-refractivity contribution is 7.18. The number of carbonyl (C=O) groups excluding carboxylic acids is 1. The molecular formula is C28H28N6O2S. The van der Waals surface area contributed by atoms with Crippen LogP contribution in [0.25, 0.3) is 21.1 Å². The summed E-state index contributed by atoms with van der Waals surface area (Å²) in [5, 5.41) is 17.2. The van der Waals surface area contributed by atoms with Crippen molar-refractivity contribution in [1.29, 1.82) is 0 Å². The van der Waals surface area contributed by atoms with Crippen molar-refractivity contribution in [2.45, 2.75) is 33.1 Å². The Bertz CT molecular complexity index is 1600. The van der Waals surface area contributed by atoms with E-state index in [-0.39, 0.29) is 6.54 Å². The number of hydrogen-bond donors (Lipinski definition) is 3. The molecule has 0 aliphatic rings. The molecule has 0 aliphatic carbocycles. The second kappa shape index (κ2) is 10.5. The molecule has 0 saturated heterocycles. The second-order valence-electron chi connectivity index (χ2n) is 9.03. The minimum atomic E-state index is -0.409. The van der Waals surface area contributed by atoms with Crippen LogP contribution in [-0.4, -0.2) is 43.9 Å². The molecule has 188 valence electrons. The molecule has 0 radical (unpaired) electrons. The number of aromatic nitrogens is 3. The Kier molecular flexibility index (Phi) is 6.98. The number of hydroxylamine groups is 2. The molecule has 3 N–H and O–H groups in total. The highest BCUT2D eigenvalue weighted by Gasteiger charge is 2.17. The maximum absolute atomic E-state index is 12.6. The van der Waals surface area contributed by atoms with Gasteiger partial charge in [0.2, 0.25) is 0 Å². The fraction of sp³-hybridized carbons (Fsp3) is 0.214. The van der Waals surface area contributed by atoms with Gasteiger partial charge in [0.05, 0.1) is 11.6 Å². The Labute approximate surface area is 218 Å². The van der Waals surface area contributed by atoms with E-state index in [1.54, 1.807) is 30.4 Å². The lowest BCUT2D eigenvalue weighted by atomic mass is 10.0. The molecule has 0 atom stereocenters. The summed E-state index contributed by atoms with van der Waals surface area (Å²) in [5.74, 6) is 0.532. The molecule has 0 saturated carbocycles. The Morgan fingerprint density at radius 3 is 2.76 bits per heavy atom. The van der Waals surface area contributed by atoms with Crippen LogP contribution in [0.2, 0.25) is 0 Å². The monoisotopic (exact) mass is 512 g/mol. The lowest BCUT2D eigenvalue weighted by Gasteiger charge is -2.14. The predicted octanol–water partition coefficient (Wildman–Crippen LogP) is 6.18. The molecule has 9 heteroatoms. The normalized spacial score (nSPS) is 11.7. The van der Waals surface area contributed by atoms with Crippen molar-refractivity contribution in [2.24, 2.45) is 5.10 Å². The van der Waals surface area contributed by atoms with Crippen molar-refractivity contribution in [3.8, 4) is 0 Å². The Morgan fingerprint density at radius 1 is 1.16 bits per heavy atom. The van der Waals surface area contributed by atoms with Gasteiger partial charge < -0.3 is 4.98 Å². The number of hydrazone groups is 1. The molecule has 0 aliphatic heterocycles. The number of nitrogens with one attached hydrogen (secondary N) is 2. The Hall–Kier alpha value is -4.08. The third-order valence-electron chi connectivity index (χ3n) is 6.25. The van der Waals surface area contributed by atoms with Gasteiger partial charge in [-0.1, -0.05) is 50.2 Å². The number of anilines is 1. The van der Waals surface area contributed by atoms with E-state index < -0.39 is 5.91 Å². The van der Waals surface area contributed by atoms with E-state index >= 15 is 0 Å². The fourth-order valence-corrected chi connectivity index (χ4v) is 5.39. The van der Waals surface area contributed by atoms with E-state index in [1.165, 1.54) is 6.33 Å². The number of rotatable bonds is 8. The topological polar surface area (TPSA) is 106 Å².